The summed E-state index contributed by atoms with van der Waals surface area (Å²) in [6.45, 7) is 3.20. The maximum atomic E-state index is 13.4. The lowest BCUT2D eigenvalue weighted by Crippen LogP contribution is -2.44. The molecule has 11 nitrogen and oxygen atoms in total. The number of imidazole rings is 1. The predicted molar refractivity (Wildman–Crippen MR) is 169 cm³/mol. The third-order valence-electron chi connectivity index (χ3n) is 10.3. The van der Waals surface area contributed by atoms with Gasteiger partial charge in [-0.1, -0.05) is 12.1 Å². The summed E-state index contributed by atoms with van der Waals surface area (Å²) in [7, 11) is 3.42. The molecule has 2 amide bonds. The highest BCUT2D eigenvalue weighted by atomic mass is 16.5. The molecule has 1 aliphatic carbocycles. The number of rotatable bonds is 6. The Morgan fingerprint density at radius 3 is 2.52 bits per heavy atom. The Labute approximate surface area is 255 Å². The van der Waals surface area contributed by atoms with Crippen LogP contribution in [0.25, 0.3) is 21.9 Å². The number of methoxy groups -OCH3 is 1. The fourth-order valence-corrected chi connectivity index (χ4v) is 7.86. The quantitative estimate of drug-likeness (QED) is 0.254. The molecule has 4 aromatic rings. The number of ether oxygens (including phenoxy) is 1. The molecule has 4 heterocycles. The normalized spacial score (nSPS) is 23.8. The Kier molecular flexibility index (Phi) is 7.44. The lowest BCUT2D eigenvalue weighted by Gasteiger charge is -2.37. The Morgan fingerprint density at radius 2 is 1.80 bits per heavy atom. The molecule has 1 unspecified atom stereocenters. The Bertz CT molecular complexity index is 1790. The number of piperidine rings is 2. The van der Waals surface area contributed by atoms with Crippen LogP contribution in [-0.4, -0.2) is 62.4 Å². The summed E-state index contributed by atoms with van der Waals surface area (Å²) in [6, 6.07) is 9.68. The van der Waals surface area contributed by atoms with Crippen LogP contribution in [0.1, 0.15) is 74.9 Å². The number of hydrogen-bond acceptors (Lipinski definition) is 7. The minimum atomic E-state index is -0.661. The van der Waals surface area contributed by atoms with E-state index in [-0.39, 0.29) is 18.0 Å². The molecule has 3 fully saturated rings. The molecule has 232 valence electrons. The van der Waals surface area contributed by atoms with E-state index in [1.54, 1.807) is 23.3 Å². The zero-order valence-corrected chi connectivity index (χ0v) is 25.5. The SMILES string of the molecule is COc1cc2nn(C3CCC(CN4CCC(c5cccc6c5n(C)c(=O)n6C5CCC(=O)NC5=O)CC4)CC3)cc2cc1N. The van der Waals surface area contributed by atoms with Crippen LogP contribution >= 0.6 is 0 Å². The largest absolute Gasteiger partial charge is 0.495 e. The van der Waals surface area contributed by atoms with Gasteiger partial charge in [-0.2, -0.15) is 5.10 Å². The number of nitrogens with one attached hydrogen (secondary N) is 1. The molecule has 0 spiro atoms. The number of amides is 2. The van der Waals surface area contributed by atoms with E-state index in [0.717, 1.165) is 67.3 Å². The van der Waals surface area contributed by atoms with Crippen LogP contribution in [0.3, 0.4) is 0 Å². The van der Waals surface area contributed by atoms with Crippen molar-refractivity contribution in [2.45, 2.75) is 69.4 Å². The first-order valence-electron chi connectivity index (χ1n) is 15.9. The second kappa shape index (κ2) is 11.4. The molecule has 2 aromatic heterocycles. The number of nitrogens with two attached hydrogens (primary N) is 1. The number of imide groups is 1. The lowest BCUT2D eigenvalue weighted by atomic mass is 9.84. The molecule has 1 saturated carbocycles. The highest BCUT2D eigenvalue weighted by molar-refractivity contribution is 6.00. The van der Waals surface area contributed by atoms with Gasteiger partial charge in [0, 0.05) is 37.7 Å². The lowest BCUT2D eigenvalue weighted by molar-refractivity contribution is -0.135. The van der Waals surface area contributed by atoms with E-state index in [4.69, 9.17) is 15.6 Å². The first kappa shape index (κ1) is 28.6. The first-order chi connectivity index (χ1) is 21.3. The van der Waals surface area contributed by atoms with Gasteiger partial charge >= 0.3 is 5.69 Å². The molecule has 3 N–H and O–H groups in total. The predicted octanol–water partition coefficient (Wildman–Crippen LogP) is 3.87. The number of nitrogen functional groups attached to an aromatic ring is 1. The zero-order valence-electron chi connectivity index (χ0n) is 25.5. The Hall–Kier alpha value is -4.12. The van der Waals surface area contributed by atoms with Gasteiger partial charge in [-0.3, -0.25) is 28.7 Å². The van der Waals surface area contributed by atoms with E-state index in [1.807, 2.05) is 24.3 Å². The smallest absolute Gasteiger partial charge is 0.329 e. The Balaban J connectivity index is 0.980. The minimum absolute atomic E-state index is 0.206. The summed E-state index contributed by atoms with van der Waals surface area (Å²) in [5.41, 5.74) is 10.3. The number of aromatic nitrogens is 4. The monoisotopic (exact) mass is 599 g/mol. The van der Waals surface area contributed by atoms with Gasteiger partial charge < -0.3 is 15.4 Å². The third kappa shape index (κ3) is 5.06. The zero-order chi connectivity index (χ0) is 30.5. The van der Waals surface area contributed by atoms with Gasteiger partial charge in [0.25, 0.3) is 0 Å². The van der Waals surface area contributed by atoms with Gasteiger partial charge in [-0.05, 0) is 87.6 Å². The van der Waals surface area contributed by atoms with Crippen molar-refractivity contribution in [3.8, 4) is 5.75 Å². The van der Waals surface area contributed by atoms with E-state index >= 15 is 0 Å². The molecule has 2 saturated heterocycles. The number of para-hydroxylation sites is 1. The number of fused-ring (bicyclic) bond motifs is 2. The fourth-order valence-electron chi connectivity index (χ4n) is 7.86. The molecule has 0 bridgehead atoms. The van der Waals surface area contributed by atoms with Crippen LogP contribution < -0.4 is 21.5 Å². The molecule has 11 heteroatoms. The molecule has 1 atom stereocenters. The number of carbonyl (C=O) groups is 2. The molecule has 3 aliphatic rings. The fraction of sp³-hybridized carbons (Fsp3) is 0.515. The maximum Gasteiger partial charge on any atom is 0.329 e. The van der Waals surface area contributed by atoms with Crippen molar-refractivity contribution in [3.05, 3.63) is 52.6 Å². The second-order valence-corrected chi connectivity index (χ2v) is 12.9. The summed E-state index contributed by atoms with van der Waals surface area (Å²) < 4.78 is 10.8. The van der Waals surface area contributed by atoms with Crippen LogP contribution in [0, 0.1) is 5.92 Å². The number of hydrogen-bond donors (Lipinski definition) is 2. The summed E-state index contributed by atoms with van der Waals surface area (Å²) in [6.07, 6.45) is 9.43. The van der Waals surface area contributed by atoms with E-state index in [1.165, 1.54) is 18.4 Å². The van der Waals surface area contributed by atoms with Crippen LogP contribution in [-0.2, 0) is 16.6 Å². The van der Waals surface area contributed by atoms with Gasteiger partial charge in [-0.15, -0.1) is 0 Å². The van der Waals surface area contributed by atoms with Crippen molar-refractivity contribution in [2.24, 2.45) is 13.0 Å². The highest BCUT2D eigenvalue weighted by Gasteiger charge is 2.33. The number of anilines is 1. The van der Waals surface area contributed by atoms with E-state index in [2.05, 4.69) is 27.2 Å². The topological polar surface area (TPSA) is 129 Å². The van der Waals surface area contributed by atoms with Crippen molar-refractivity contribution in [1.82, 2.24) is 29.1 Å². The Morgan fingerprint density at radius 1 is 1.02 bits per heavy atom. The standard InChI is InChI=1S/C33H41N7O4/c1-37-31-24(4-3-5-27(31)40(33(37)43)28-10-11-30(41)35-32(28)42)21-12-14-38(15-13-21)18-20-6-8-23(9-7-20)39-19-22-16-25(34)29(44-2)17-26(22)36-39/h3-5,16-17,19-21,23,28H,6-15,18,34H2,1-2H3,(H,35,41,42). The average molecular weight is 600 g/mol. The molecular formula is C33H41N7O4. The summed E-state index contributed by atoms with van der Waals surface area (Å²) in [4.78, 5) is 40.3. The molecule has 2 aromatic carbocycles. The third-order valence-corrected chi connectivity index (χ3v) is 10.3. The average Bonchev–Trinajstić information content (AvgIpc) is 3.55. The first-order valence-corrected chi connectivity index (χ1v) is 15.9. The van der Waals surface area contributed by atoms with Crippen LogP contribution in [0.5, 0.6) is 5.75 Å². The van der Waals surface area contributed by atoms with Gasteiger partial charge in [0.2, 0.25) is 11.8 Å². The van der Waals surface area contributed by atoms with Gasteiger partial charge in [0.1, 0.15) is 11.8 Å². The van der Waals surface area contributed by atoms with E-state index in [9.17, 15) is 14.4 Å². The van der Waals surface area contributed by atoms with Gasteiger partial charge in [0.15, 0.2) is 0 Å². The van der Waals surface area contributed by atoms with Gasteiger partial charge in [0.05, 0.1) is 35.4 Å². The molecule has 7 rings (SSSR count). The maximum absolute atomic E-state index is 13.4. The summed E-state index contributed by atoms with van der Waals surface area (Å²) >= 11 is 0. The highest BCUT2D eigenvalue weighted by Crippen LogP contribution is 2.37. The van der Waals surface area contributed by atoms with Crippen molar-refractivity contribution < 1.29 is 14.3 Å². The second-order valence-electron chi connectivity index (χ2n) is 12.9. The van der Waals surface area contributed by atoms with E-state index < -0.39 is 11.9 Å². The van der Waals surface area contributed by atoms with Crippen molar-refractivity contribution >= 4 is 39.4 Å². The summed E-state index contributed by atoms with van der Waals surface area (Å²) in [5.74, 6) is 1.04. The van der Waals surface area contributed by atoms with Crippen molar-refractivity contribution in [2.75, 3.05) is 32.5 Å². The van der Waals surface area contributed by atoms with Crippen molar-refractivity contribution in [1.29, 1.82) is 0 Å². The number of benzene rings is 2. The number of nitrogens with zero attached hydrogens (tertiary/aromatic N) is 5. The molecular weight excluding hydrogens is 558 g/mol. The van der Waals surface area contributed by atoms with Crippen molar-refractivity contribution in [3.63, 3.8) is 0 Å². The number of carbonyl (C=O) groups excluding carboxylic acids is 2. The minimum Gasteiger partial charge on any atom is -0.495 e. The summed E-state index contributed by atoms with van der Waals surface area (Å²) in [5, 5.41) is 8.30. The molecule has 44 heavy (non-hydrogen) atoms. The molecule has 0 radical (unpaired) electrons. The number of aryl methyl sites for hydroxylation is 1. The van der Waals surface area contributed by atoms with E-state index in [0.29, 0.717) is 35.7 Å². The molecule has 2 aliphatic heterocycles. The van der Waals surface area contributed by atoms with Crippen LogP contribution in [0.4, 0.5) is 5.69 Å². The number of likely N-dealkylation sites (tertiary alicyclic amines) is 1. The van der Waals surface area contributed by atoms with Crippen LogP contribution in [0.15, 0.2) is 41.3 Å². The van der Waals surface area contributed by atoms with Crippen LogP contribution in [0.2, 0.25) is 0 Å². The van der Waals surface area contributed by atoms with Gasteiger partial charge in [-0.25, -0.2) is 4.79 Å².